The molecular weight excluding hydrogens is 312 g/mol. The van der Waals surface area contributed by atoms with Crippen LogP contribution >= 0.6 is 11.6 Å². The minimum atomic E-state index is -0.589. The molecule has 1 saturated heterocycles. The van der Waals surface area contributed by atoms with E-state index in [0.717, 1.165) is 37.1 Å². The van der Waals surface area contributed by atoms with Gasteiger partial charge in [-0.25, -0.2) is 4.79 Å². The first-order valence-corrected chi connectivity index (χ1v) is 8.08. The molecule has 0 saturated carbocycles. The van der Waals surface area contributed by atoms with Crippen LogP contribution in [0.1, 0.15) is 30.4 Å². The predicted octanol–water partition coefficient (Wildman–Crippen LogP) is 4.13. The second-order valence-corrected chi connectivity index (χ2v) is 6.17. The molecule has 0 atom stereocenters. The van der Waals surface area contributed by atoms with Crippen molar-refractivity contribution in [3.05, 3.63) is 50.8 Å². The SMILES string of the molecule is Cc1c(-c2cccc(Cl)c2)oc(=O)c(C#N)c1N1CCCCC1. The van der Waals surface area contributed by atoms with Crippen molar-refractivity contribution in [2.75, 3.05) is 18.0 Å². The summed E-state index contributed by atoms with van der Waals surface area (Å²) in [4.78, 5) is 14.4. The molecule has 0 radical (unpaired) electrons. The molecule has 23 heavy (non-hydrogen) atoms. The highest BCUT2D eigenvalue weighted by atomic mass is 35.5. The molecule has 4 nitrogen and oxygen atoms in total. The van der Waals surface area contributed by atoms with Crippen molar-refractivity contribution in [1.29, 1.82) is 5.26 Å². The quantitative estimate of drug-likeness (QED) is 0.831. The summed E-state index contributed by atoms with van der Waals surface area (Å²) < 4.78 is 5.44. The van der Waals surface area contributed by atoms with Gasteiger partial charge in [0.05, 0.1) is 5.69 Å². The molecule has 2 aromatic rings. The number of anilines is 1. The van der Waals surface area contributed by atoms with Crippen LogP contribution in [0.2, 0.25) is 5.02 Å². The van der Waals surface area contributed by atoms with Crippen LogP contribution in [0, 0.1) is 18.3 Å². The van der Waals surface area contributed by atoms with Crippen LogP contribution in [-0.2, 0) is 0 Å². The molecule has 1 aromatic carbocycles. The fraction of sp³-hybridized carbons (Fsp3) is 0.333. The average Bonchev–Trinajstić information content (AvgIpc) is 2.57. The standard InChI is InChI=1S/C18H17ClN2O2/c1-12-16(21-8-3-2-4-9-21)15(11-20)18(22)23-17(12)13-6-5-7-14(19)10-13/h5-7,10H,2-4,8-9H2,1H3. The molecule has 118 valence electrons. The van der Waals surface area contributed by atoms with Gasteiger partial charge in [-0.2, -0.15) is 5.26 Å². The van der Waals surface area contributed by atoms with Gasteiger partial charge < -0.3 is 9.32 Å². The number of nitrogens with zero attached hydrogens (tertiary/aromatic N) is 2. The van der Waals surface area contributed by atoms with Gasteiger partial charge in [0.1, 0.15) is 11.8 Å². The third-order valence-corrected chi connectivity index (χ3v) is 4.44. The van der Waals surface area contributed by atoms with Gasteiger partial charge in [-0.15, -0.1) is 0 Å². The minimum Gasteiger partial charge on any atom is -0.421 e. The van der Waals surface area contributed by atoms with E-state index in [-0.39, 0.29) is 5.56 Å². The lowest BCUT2D eigenvalue weighted by molar-refractivity contribution is 0.515. The number of rotatable bonds is 2. The zero-order valence-electron chi connectivity index (χ0n) is 12.9. The molecule has 3 rings (SSSR count). The summed E-state index contributed by atoms with van der Waals surface area (Å²) in [5, 5.41) is 9.98. The van der Waals surface area contributed by atoms with Gasteiger partial charge in [0.15, 0.2) is 5.56 Å². The molecular formula is C18H17ClN2O2. The first-order valence-electron chi connectivity index (χ1n) is 7.70. The van der Waals surface area contributed by atoms with Crippen LogP contribution in [0.3, 0.4) is 0 Å². The van der Waals surface area contributed by atoms with Crippen molar-refractivity contribution in [1.82, 2.24) is 0 Å². The Kier molecular flexibility index (Phi) is 4.40. The molecule has 0 spiro atoms. The zero-order valence-corrected chi connectivity index (χ0v) is 13.7. The van der Waals surface area contributed by atoms with Gasteiger partial charge in [-0.3, -0.25) is 0 Å². The van der Waals surface area contributed by atoms with Crippen LogP contribution in [0.25, 0.3) is 11.3 Å². The van der Waals surface area contributed by atoms with E-state index in [1.807, 2.05) is 25.1 Å². The summed E-state index contributed by atoms with van der Waals surface area (Å²) in [6.07, 6.45) is 3.31. The van der Waals surface area contributed by atoms with E-state index in [0.29, 0.717) is 16.5 Å². The van der Waals surface area contributed by atoms with Crippen LogP contribution in [-0.4, -0.2) is 13.1 Å². The van der Waals surface area contributed by atoms with Crippen molar-refractivity contribution >= 4 is 17.3 Å². The van der Waals surface area contributed by atoms with Crippen LogP contribution in [0.15, 0.2) is 33.5 Å². The third-order valence-electron chi connectivity index (χ3n) is 4.20. The maximum Gasteiger partial charge on any atom is 0.356 e. The molecule has 5 heteroatoms. The highest BCUT2D eigenvalue weighted by Gasteiger charge is 2.23. The highest BCUT2D eigenvalue weighted by Crippen LogP contribution is 2.33. The molecule has 1 fully saturated rings. The summed E-state index contributed by atoms with van der Waals surface area (Å²) in [6, 6.07) is 9.22. The molecule has 0 amide bonds. The van der Waals surface area contributed by atoms with Gasteiger partial charge in [-0.05, 0) is 38.3 Å². The number of nitriles is 1. The number of halogens is 1. The summed E-state index contributed by atoms with van der Waals surface area (Å²) in [6.45, 7) is 3.60. The largest absolute Gasteiger partial charge is 0.421 e. The number of hydrogen-bond donors (Lipinski definition) is 0. The fourth-order valence-electron chi connectivity index (χ4n) is 3.13. The Bertz CT molecular complexity index is 830. The Hall–Kier alpha value is -2.25. The Morgan fingerprint density at radius 2 is 2.00 bits per heavy atom. The first-order chi connectivity index (χ1) is 11.1. The Morgan fingerprint density at radius 3 is 2.65 bits per heavy atom. The van der Waals surface area contributed by atoms with Crippen molar-refractivity contribution in [2.45, 2.75) is 26.2 Å². The Balaban J connectivity index is 2.21. The van der Waals surface area contributed by atoms with E-state index < -0.39 is 5.63 Å². The maximum absolute atomic E-state index is 12.3. The molecule has 0 unspecified atom stereocenters. The van der Waals surface area contributed by atoms with Crippen molar-refractivity contribution in [2.24, 2.45) is 0 Å². The Morgan fingerprint density at radius 1 is 1.26 bits per heavy atom. The molecule has 1 aliphatic heterocycles. The fourth-order valence-corrected chi connectivity index (χ4v) is 3.32. The average molecular weight is 329 g/mol. The lowest BCUT2D eigenvalue weighted by Gasteiger charge is -2.30. The van der Waals surface area contributed by atoms with Gasteiger partial charge in [0, 0.05) is 29.2 Å². The second kappa shape index (κ2) is 6.47. The third kappa shape index (κ3) is 2.97. The highest BCUT2D eigenvalue weighted by molar-refractivity contribution is 6.30. The normalized spacial score (nSPS) is 14.6. The molecule has 0 N–H and O–H groups in total. The van der Waals surface area contributed by atoms with Crippen LogP contribution in [0.4, 0.5) is 5.69 Å². The van der Waals surface area contributed by atoms with Gasteiger partial charge in [-0.1, -0.05) is 23.7 Å². The van der Waals surface area contributed by atoms with Crippen LogP contribution in [0.5, 0.6) is 0 Å². The minimum absolute atomic E-state index is 0.0928. The van der Waals surface area contributed by atoms with Crippen molar-refractivity contribution in [3.8, 4) is 17.4 Å². The number of hydrogen-bond acceptors (Lipinski definition) is 4. The molecule has 0 bridgehead atoms. The summed E-state index contributed by atoms with van der Waals surface area (Å²) >= 11 is 6.05. The zero-order chi connectivity index (χ0) is 16.4. The molecule has 0 aliphatic carbocycles. The van der Waals surface area contributed by atoms with E-state index in [2.05, 4.69) is 4.90 Å². The maximum atomic E-state index is 12.3. The van der Waals surface area contributed by atoms with E-state index >= 15 is 0 Å². The summed E-state index contributed by atoms with van der Waals surface area (Å²) in [5.41, 5.74) is 1.77. The molecule has 1 aromatic heterocycles. The molecule has 2 heterocycles. The van der Waals surface area contributed by atoms with E-state index in [9.17, 15) is 10.1 Å². The van der Waals surface area contributed by atoms with Crippen LogP contribution < -0.4 is 10.5 Å². The molecule has 1 aliphatic rings. The van der Waals surface area contributed by atoms with Gasteiger partial charge >= 0.3 is 5.63 Å². The number of piperidine rings is 1. The van der Waals surface area contributed by atoms with E-state index in [1.165, 1.54) is 6.42 Å². The van der Waals surface area contributed by atoms with Crippen molar-refractivity contribution < 1.29 is 4.42 Å². The van der Waals surface area contributed by atoms with E-state index in [1.54, 1.807) is 12.1 Å². The van der Waals surface area contributed by atoms with Gasteiger partial charge in [0.25, 0.3) is 0 Å². The van der Waals surface area contributed by atoms with Crippen molar-refractivity contribution in [3.63, 3.8) is 0 Å². The lowest BCUT2D eigenvalue weighted by Crippen LogP contribution is -2.32. The summed E-state index contributed by atoms with van der Waals surface area (Å²) in [5.74, 6) is 0.483. The topological polar surface area (TPSA) is 57.2 Å². The Labute approximate surface area is 139 Å². The van der Waals surface area contributed by atoms with Gasteiger partial charge in [0.2, 0.25) is 0 Å². The monoisotopic (exact) mass is 328 g/mol. The summed E-state index contributed by atoms with van der Waals surface area (Å²) in [7, 11) is 0. The van der Waals surface area contributed by atoms with E-state index in [4.69, 9.17) is 16.0 Å². The number of benzene rings is 1. The smallest absolute Gasteiger partial charge is 0.356 e. The lowest BCUT2D eigenvalue weighted by atomic mass is 10.0. The predicted molar refractivity (Wildman–Crippen MR) is 90.9 cm³/mol. The first kappa shape index (κ1) is 15.6. The second-order valence-electron chi connectivity index (χ2n) is 5.74.